The number of nitrogens with zero attached hydrogens (tertiary/aromatic N) is 1. The SMILES string of the molecule is CC(=O)NC(CS)C(=O)NCc1cnc(C)s1. The molecule has 0 radical (unpaired) electrons. The van der Waals surface area contributed by atoms with Gasteiger partial charge in [-0.05, 0) is 6.92 Å². The Morgan fingerprint density at radius 2 is 2.29 bits per heavy atom. The molecular weight excluding hydrogens is 258 g/mol. The number of thiazole rings is 1. The summed E-state index contributed by atoms with van der Waals surface area (Å²) >= 11 is 5.56. The fourth-order valence-corrected chi connectivity index (χ4v) is 2.22. The van der Waals surface area contributed by atoms with E-state index in [0.717, 1.165) is 9.88 Å². The van der Waals surface area contributed by atoms with E-state index in [1.807, 2.05) is 6.92 Å². The van der Waals surface area contributed by atoms with Crippen molar-refractivity contribution in [3.05, 3.63) is 16.1 Å². The molecule has 0 aliphatic rings. The van der Waals surface area contributed by atoms with Crippen molar-refractivity contribution in [2.75, 3.05) is 5.75 Å². The lowest BCUT2D eigenvalue weighted by Gasteiger charge is -2.14. The molecule has 0 spiro atoms. The zero-order chi connectivity index (χ0) is 12.8. The quantitative estimate of drug-likeness (QED) is 0.684. The van der Waals surface area contributed by atoms with Crippen molar-refractivity contribution in [2.45, 2.75) is 26.4 Å². The lowest BCUT2D eigenvalue weighted by Crippen LogP contribution is -2.46. The molecule has 1 rings (SSSR count). The van der Waals surface area contributed by atoms with Gasteiger partial charge in [-0.3, -0.25) is 9.59 Å². The van der Waals surface area contributed by atoms with Gasteiger partial charge in [0.05, 0.1) is 11.6 Å². The highest BCUT2D eigenvalue weighted by Crippen LogP contribution is 2.10. The number of nitrogens with one attached hydrogen (secondary N) is 2. The number of amides is 2. The van der Waals surface area contributed by atoms with Gasteiger partial charge in [0, 0.05) is 23.8 Å². The standard InChI is InChI=1S/C10H15N3O2S2/c1-6(14)13-9(5-16)10(15)12-4-8-3-11-7(2)17-8/h3,9,16H,4-5H2,1-2H3,(H,12,15)(H,13,14). The van der Waals surface area contributed by atoms with Crippen molar-refractivity contribution in [3.8, 4) is 0 Å². The van der Waals surface area contributed by atoms with E-state index in [1.54, 1.807) is 6.20 Å². The first-order valence-corrected chi connectivity index (χ1v) is 6.54. The van der Waals surface area contributed by atoms with Crippen LogP contribution in [0.25, 0.3) is 0 Å². The molecular formula is C10H15N3O2S2. The Morgan fingerprint density at radius 1 is 1.59 bits per heavy atom. The molecule has 0 bridgehead atoms. The molecule has 17 heavy (non-hydrogen) atoms. The predicted molar refractivity (Wildman–Crippen MR) is 70.2 cm³/mol. The average molecular weight is 273 g/mol. The van der Waals surface area contributed by atoms with Gasteiger partial charge in [-0.15, -0.1) is 11.3 Å². The van der Waals surface area contributed by atoms with Crippen LogP contribution in [-0.4, -0.2) is 28.6 Å². The number of hydrogen-bond acceptors (Lipinski definition) is 5. The molecule has 0 saturated carbocycles. The normalized spacial score (nSPS) is 11.9. The Labute approximate surface area is 109 Å². The molecule has 0 aromatic carbocycles. The summed E-state index contributed by atoms with van der Waals surface area (Å²) in [7, 11) is 0. The van der Waals surface area contributed by atoms with Crippen molar-refractivity contribution in [3.63, 3.8) is 0 Å². The van der Waals surface area contributed by atoms with Crippen LogP contribution in [0.1, 0.15) is 16.8 Å². The van der Waals surface area contributed by atoms with E-state index in [1.165, 1.54) is 18.3 Å². The van der Waals surface area contributed by atoms with Crippen LogP contribution in [-0.2, 0) is 16.1 Å². The van der Waals surface area contributed by atoms with Crippen LogP contribution in [0.3, 0.4) is 0 Å². The van der Waals surface area contributed by atoms with Crippen molar-refractivity contribution in [1.29, 1.82) is 0 Å². The summed E-state index contributed by atoms with van der Waals surface area (Å²) in [5.74, 6) is -0.207. The molecule has 1 unspecified atom stereocenters. The molecule has 1 heterocycles. The van der Waals surface area contributed by atoms with Crippen molar-refractivity contribution in [1.82, 2.24) is 15.6 Å². The highest BCUT2D eigenvalue weighted by Gasteiger charge is 2.17. The Kier molecular flexibility index (Phi) is 5.43. The lowest BCUT2D eigenvalue weighted by molar-refractivity contribution is -0.127. The van der Waals surface area contributed by atoms with Gasteiger partial charge in [0.1, 0.15) is 6.04 Å². The first-order chi connectivity index (χ1) is 8.02. The van der Waals surface area contributed by atoms with Crippen LogP contribution in [0.15, 0.2) is 6.20 Å². The van der Waals surface area contributed by atoms with Gasteiger partial charge in [-0.2, -0.15) is 12.6 Å². The number of carbonyl (C=O) groups excluding carboxylic acids is 2. The number of aryl methyl sites for hydroxylation is 1. The summed E-state index contributed by atoms with van der Waals surface area (Å²) in [6.07, 6.45) is 1.73. The summed E-state index contributed by atoms with van der Waals surface area (Å²) < 4.78 is 0. The maximum absolute atomic E-state index is 11.7. The van der Waals surface area contributed by atoms with E-state index >= 15 is 0 Å². The molecule has 0 aliphatic heterocycles. The van der Waals surface area contributed by atoms with Gasteiger partial charge in [0.15, 0.2) is 0 Å². The molecule has 7 heteroatoms. The van der Waals surface area contributed by atoms with Crippen LogP contribution in [0.2, 0.25) is 0 Å². The summed E-state index contributed by atoms with van der Waals surface area (Å²) in [5, 5.41) is 6.23. The molecule has 2 amide bonds. The summed E-state index contributed by atoms with van der Waals surface area (Å²) in [6.45, 7) is 3.70. The van der Waals surface area contributed by atoms with Crippen molar-refractivity contribution < 1.29 is 9.59 Å². The maximum atomic E-state index is 11.7. The highest BCUT2D eigenvalue weighted by atomic mass is 32.1. The number of rotatable bonds is 5. The Bertz CT molecular complexity index is 406. The molecule has 1 atom stereocenters. The zero-order valence-corrected chi connectivity index (χ0v) is 11.4. The van der Waals surface area contributed by atoms with Crippen molar-refractivity contribution >= 4 is 35.8 Å². The first-order valence-electron chi connectivity index (χ1n) is 5.10. The van der Waals surface area contributed by atoms with E-state index in [2.05, 4.69) is 28.2 Å². The predicted octanol–water partition coefficient (Wildman–Crippen LogP) is 0.502. The third kappa shape index (κ3) is 4.74. The summed E-state index contributed by atoms with van der Waals surface area (Å²) in [4.78, 5) is 27.6. The van der Waals surface area contributed by atoms with Crippen molar-refractivity contribution in [2.24, 2.45) is 0 Å². The van der Waals surface area contributed by atoms with Crippen LogP contribution in [0, 0.1) is 6.92 Å². The van der Waals surface area contributed by atoms with Gasteiger partial charge in [0.25, 0.3) is 0 Å². The van der Waals surface area contributed by atoms with Crippen LogP contribution in [0.5, 0.6) is 0 Å². The molecule has 5 nitrogen and oxygen atoms in total. The van der Waals surface area contributed by atoms with Gasteiger partial charge in [0.2, 0.25) is 11.8 Å². The third-order valence-corrected chi connectivity index (χ3v) is 3.26. The molecule has 1 aromatic heterocycles. The second kappa shape index (κ2) is 6.61. The average Bonchev–Trinajstić information content (AvgIpc) is 2.68. The number of carbonyl (C=O) groups is 2. The van der Waals surface area contributed by atoms with E-state index in [-0.39, 0.29) is 17.6 Å². The molecule has 94 valence electrons. The van der Waals surface area contributed by atoms with E-state index < -0.39 is 6.04 Å². The minimum Gasteiger partial charge on any atom is -0.349 e. The largest absolute Gasteiger partial charge is 0.349 e. The van der Waals surface area contributed by atoms with Crippen LogP contribution in [0.4, 0.5) is 0 Å². The first kappa shape index (κ1) is 14.0. The van der Waals surface area contributed by atoms with Crippen LogP contribution < -0.4 is 10.6 Å². The smallest absolute Gasteiger partial charge is 0.243 e. The topological polar surface area (TPSA) is 71.1 Å². The zero-order valence-electron chi connectivity index (χ0n) is 9.69. The number of thiol groups is 1. The molecule has 2 N–H and O–H groups in total. The fraction of sp³-hybridized carbons (Fsp3) is 0.500. The molecule has 0 aliphatic carbocycles. The molecule has 0 fully saturated rings. The monoisotopic (exact) mass is 273 g/mol. The van der Waals surface area contributed by atoms with Gasteiger partial charge in [-0.25, -0.2) is 4.98 Å². The highest BCUT2D eigenvalue weighted by molar-refractivity contribution is 7.80. The van der Waals surface area contributed by atoms with Gasteiger partial charge in [-0.1, -0.05) is 0 Å². The Balaban J connectivity index is 2.44. The Morgan fingerprint density at radius 3 is 2.76 bits per heavy atom. The minimum atomic E-state index is -0.593. The minimum absolute atomic E-state index is 0.235. The van der Waals surface area contributed by atoms with Gasteiger partial charge >= 0.3 is 0 Å². The molecule has 1 aromatic rings. The fourth-order valence-electron chi connectivity index (χ4n) is 1.22. The van der Waals surface area contributed by atoms with E-state index in [9.17, 15) is 9.59 Å². The second-order valence-electron chi connectivity index (χ2n) is 3.50. The van der Waals surface area contributed by atoms with Crippen LogP contribution >= 0.6 is 24.0 Å². The maximum Gasteiger partial charge on any atom is 0.243 e. The second-order valence-corrected chi connectivity index (χ2v) is 5.18. The number of hydrogen-bond donors (Lipinski definition) is 3. The lowest BCUT2D eigenvalue weighted by atomic mass is 10.3. The van der Waals surface area contributed by atoms with E-state index in [0.29, 0.717) is 6.54 Å². The third-order valence-electron chi connectivity index (χ3n) is 1.98. The molecule has 0 saturated heterocycles. The summed E-state index contributed by atoms with van der Waals surface area (Å²) in [5.41, 5.74) is 0. The van der Waals surface area contributed by atoms with E-state index in [4.69, 9.17) is 0 Å². The summed E-state index contributed by atoms with van der Waals surface area (Å²) in [6, 6.07) is -0.593. The Hall–Kier alpha value is -1.08. The van der Waals surface area contributed by atoms with Gasteiger partial charge < -0.3 is 10.6 Å². The number of aromatic nitrogens is 1.